The number of pyridine rings is 1. The Bertz CT molecular complexity index is 761. The SMILES string of the molecule is Nc1ccc(Oc2scc3c2-c2sncc2CC3)cn1. The summed E-state index contributed by atoms with van der Waals surface area (Å²) in [5.74, 6) is 1.20. The van der Waals surface area contributed by atoms with E-state index >= 15 is 0 Å². The normalized spacial score (nSPS) is 12.8. The number of nitrogens with two attached hydrogens (primary N) is 1. The minimum atomic E-state index is 0.496. The first-order valence-electron chi connectivity index (χ1n) is 6.25. The molecule has 0 spiro atoms. The van der Waals surface area contributed by atoms with Crippen LogP contribution in [0.2, 0.25) is 0 Å². The minimum Gasteiger partial charge on any atom is -0.444 e. The zero-order chi connectivity index (χ0) is 13.5. The lowest BCUT2D eigenvalue weighted by atomic mass is 9.95. The number of thiophene rings is 1. The van der Waals surface area contributed by atoms with E-state index in [0.29, 0.717) is 11.6 Å². The van der Waals surface area contributed by atoms with E-state index in [2.05, 4.69) is 14.7 Å². The fourth-order valence-corrected chi connectivity index (χ4v) is 4.26. The number of nitrogen functional groups attached to an aromatic ring is 1. The van der Waals surface area contributed by atoms with E-state index in [1.165, 1.54) is 21.6 Å². The molecule has 0 bridgehead atoms. The van der Waals surface area contributed by atoms with Gasteiger partial charge in [-0.1, -0.05) is 0 Å². The molecule has 0 saturated heterocycles. The summed E-state index contributed by atoms with van der Waals surface area (Å²) in [6, 6.07) is 3.58. The van der Waals surface area contributed by atoms with E-state index in [9.17, 15) is 0 Å². The standard InChI is InChI=1S/C14H11N3OS2/c15-11-4-3-10(6-16-11)18-14-12-9(7-19-14)2-1-8-5-17-20-13(8)12/h3-7H,1-2H2,(H2,15,16). The summed E-state index contributed by atoms with van der Waals surface area (Å²) in [6.45, 7) is 0. The van der Waals surface area contributed by atoms with Crippen molar-refractivity contribution in [3.63, 3.8) is 0 Å². The molecule has 100 valence electrons. The molecule has 0 atom stereocenters. The minimum absolute atomic E-state index is 0.496. The van der Waals surface area contributed by atoms with Gasteiger partial charge in [0.1, 0.15) is 11.6 Å². The monoisotopic (exact) mass is 301 g/mol. The molecule has 1 aliphatic carbocycles. The summed E-state index contributed by atoms with van der Waals surface area (Å²) in [5, 5.41) is 3.09. The number of anilines is 1. The maximum absolute atomic E-state index is 5.98. The third kappa shape index (κ3) is 1.88. The average Bonchev–Trinajstić information content (AvgIpc) is 3.07. The number of aromatic nitrogens is 2. The highest BCUT2D eigenvalue weighted by molar-refractivity contribution is 7.14. The van der Waals surface area contributed by atoms with Crippen molar-refractivity contribution >= 4 is 28.7 Å². The topological polar surface area (TPSA) is 61.0 Å². The second-order valence-corrected chi connectivity index (χ2v) is 6.27. The summed E-state index contributed by atoms with van der Waals surface area (Å²) >= 11 is 3.17. The second-order valence-electron chi connectivity index (χ2n) is 4.62. The molecule has 0 amide bonds. The lowest BCUT2D eigenvalue weighted by Gasteiger charge is -2.13. The van der Waals surface area contributed by atoms with Crippen molar-refractivity contribution in [3.05, 3.63) is 41.0 Å². The first-order valence-corrected chi connectivity index (χ1v) is 7.90. The van der Waals surface area contributed by atoms with Gasteiger partial charge in [0.15, 0.2) is 5.06 Å². The van der Waals surface area contributed by atoms with Gasteiger partial charge >= 0.3 is 0 Å². The third-order valence-corrected chi connectivity index (χ3v) is 5.10. The summed E-state index contributed by atoms with van der Waals surface area (Å²) in [7, 11) is 0. The van der Waals surface area contributed by atoms with Crippen molar-refractivity contribution in [3.8, 4) is 21.3 Å². The Morgan fingerprint density at radius 1 is 1.15 bits per heavy atom. The van der Waals surface area contributed by atoms with Crippen molar-refractivity contribution < 1.29 is 4.74 Å². The van der Waals surface area contributed by atoms with Gasteiger partial charge in [0.05, 0.1) is 16.6 Å². The van der Waals surface area contributed by atoms with Crippen LogP contribution in [0.5, 0.6) is 10.8 Å². The van der Waals surface area contributed by atoms with E-state index in [0.717, 1.165) is 17.9 Å². The van der Waals surface area contributed by atoms with Gasteiger partial charge in [0.2, 0.25) is 0 Å². The van der Waals surface area contributed by atoms with Crippen LogP contribution in [0.3, 0.4) is 0 Å². The molecule has 0 saturated carbocycles. The highest BCUT2D eigenvalue weighted by Crippen LogP contribution is 2.47. The number of nitrogens with zero attached hydrogens (tertiary/aromatic N) is 2. The molecule has 3 aromatic heterocycles. The van der Waals surface area contributed by atoms with E-state index in [1.807, 2.05) is 12.3 Å². The van der Waals surface area contributed by atoms with Crippen LogP contribution in [-0.2, 0) is 12.8 Å². The summed E-state index contributed by atoms with van der Waals surface area (Å²) in [4.78, 5) is 5.30. The molecule has 0 aliphatic heterocycles. The van der Waals surface area contributed by atoms with E-state index in [1.54, 1.807) is 35.1 Å². The van der Waals surface area contributed by atoms with Crippen LogP contribution < -0.4 is 10.5 Å². The Kier molecular flexibility index (Phi) is 2.71. The molecule has 6 heteroatoms. The lowest BCUT2D eigenvalue weighted by molar-refractivity contribution is 0.495. The number of aryl methyl sites for hydroxylation is 2. The van der Waals surface area contributed by atoms with Gasteiger partial charge in [-0.15, -0.1) is 11.3 Å². The molecule has 0 unspecified atom stereocenters. The predicted octanol–water partition coefficient (Wildman–Crippen LogP) is 3.74. The molecule has 4 rings (SSSR count). The number of hydrogen-bond acceptors (Lipinski definition) is 6. The largest absolute Gasteiger partial charge is 0.444 e. The molecule has 0 radical (unpaired) electrons. The Morgan fingerprint density at radius 2 is 2.05 bits per heavy atom. The predicted molar refractivity (Wildman–Crippen MR) is 81.6 cm³/mol. The van der Waals surface area contributed by atoms with Crippen LogP contribution >= 0.6 is 22.9 Å². The van der Waals surface area contributed by atoms with Crippen molar-refractivity contribution in [1.29, 1.82) is 0 Å². The summed E-state index contributed by atoms with van der Waals surface area (Å²) in [6.07, 6.45) is 5.74. The van der Waals surface area contributed by atoms with Gasteiger partial charge in [-0.2, -0.15) is 0 Å². The van der Waals surface area contributed by atoms with E-state index in [4.69, 9.17) is 10.5 Å². The fourth-order valence-electron chi connectivity index (χ4n) is 2.34. The number of fused-ring (bicyclic) bond motifs is 3. The molecule has 4 nitrogen and oxygen atoms in total. The van der Waals surface area contributed by atoms with Gasteiger partial charge < -0.3 is 10.5 Å². The third-order valence-electron chi connectivity index (χ3n) is 3.34. The fraction of sp³-hybridized carbons (Fsp3) is 0.143. The Labute approximate surface area is 124 Å². The summed E-state index contributed by atoms with van der Waals surface area (Å²) < 4.78 is 10.3. The van der Waals surface area contributed by atoms with Crippen molar-refractivity contribution in [2.75, 3.05) is 5.73 Å². The smallest absolute Gasteiger partial charge is 0.190 e. The lowest BCUT2D eigenvalue weighted by Crippen LogP contribution is -1.99. The van der Waals surface area contributed by atoms with Crippen LogP contribution in [0, 0.1) is 0 Å². The van der Waals surface area contributed by atoms with Crippen LogP contribution in [0.25, 0.3) is 10.4 Å². The number of rotatable bonds is 2. The van der Waals surface area contributed by atoms with Crippen molar-refractivity contribution in [2.45, 2.75) is 12.8 Å². The Hall–Kier alpha value is -1.92. The Balaban J connectivity index is 1.75. The Morgan fingerprint density at radius 3 is 2.90 bits per heavy atom. The van der Waals surface area contributed by atoms with E-state index < -0.39 is 0 Å². The highest BCUT2D eigenvalue weighted by Gasteiger charge is 2.24. The number of ether oxygens (including phenoxy) is 1. The molecule has 0 aromatic carbocycles. The van der Waals surface area contributed by atoms with Crippen LogP contribution in [0.1, 0.15) is 11.1 Å². The van der Waals surface area contributed by atoms with Gasteiger partial charge in [0.25, 0.3) is 0 Å². The molecule has 1 aliphatic rings. The van der Waals surface area contributed by atoms with Gasteiger partial charge in [-0.05, 0) is 53.0 Å². The van der Waals surface area contributed by atoms with Crippen LogP contribution in [-0.4, -0.2) is 9.36 Å². The van der Waals surface area contributed by atoms with Gasteiger partial charge in [-0.25, -0.2) is 9.36 Å². The maximum Gasteiger partial charge on any atom is 0.190 e. The zero-order valence-electron chi connectivity index (χ0n) is 10.5. The molecule has 2 N–H and O–H groups in total. The molecule has 3 heterocycles. The molecular formula is C14H11N3OS2. The second kappa shape index (κ2) is 4.57. The zero-order valence-corrected chi connectivity index (χ0v) is 12.1. The molecule has 3 aromatic rings. The van der Waals surface area contributed by atoms with Crippen molar-refractivity contribution in [2.24, 2.45) is 0 Å². The number of hydrogen-bond donors (Lipinski definition) is 1. The van der Waals surface area contributed by atoms with Crippen molar-refractivity contribution in [1.82, 2.24) is 9.36 Å². The van der Waals surface area contributed by atoms with Gasteiger partial charge in [-0.3, -0.25) is 0 Å². The average molecular weight is 301 g/mol. The highest BCUT2D eigenvalue weighted by atomic mass is 32.1. The first kappa shape index (κ1) is 11.9. The quantitative estimate of drug-likeness (QED) is 0.783. The summed E-state index contributed by atoms with van der Waals surface area (Å²) in [5.41, 5.74) is 9.47. The molecule has 0 fully saturated rings. The molecule has 20 heavy (non-hydrogen) atoms. The molecular weight excluding hydrogens is 290 g/mol. The van der Waals surface area contributed by atoms with Crippen LogP contribution in [0.4, 0.5) is 5.82 Å². The maximum atomic E-state index is 5.98. The van der Waals surface area contributed by atoms with Crippen LogP contribution in [0.15, 0.2) is 29.9 Å². The first-order chi connectivity index (χ1) is 9.81. The van der Waals surface area contributed by atoms with E-state index in [-0.39, 0.29) is 0 Å². The van der Waals surface area contributed by atoms with Gasteiger partial charge in [0, 0.05) is 6.20 Å².